The zero-order chi connectivity index (χ0) is 15.8. The number of amides is 2. The second kappa shape index (κ2) is 8.42. The van der Waals surface area contributed by atoms with Crippen molar-refractivity contribution in [2.24, 2.45) is 11.0 Å². The summed E-state index contributed by atoms with van der Waals surface area (Å²) in [6.07, 6.45) is 0.957. The van der Waals surface area contributed by atoms with E-state index in [2.05, 4.69) is 22.8 Å². The number of hydrazone groups is 1. The van der Waals surface area contributed by atoms with E-state index in [9.17, 15) is 9.59 Å². The lowest BCUT2D eigenvalue weighted by Crippen LogP contribution is -2.35. The zero-order valence-electron chi connectivity index (χ0n) is 12.4. The highest BCUT2D eigenvalue weighted by molar-refractivity contribution is 6.30. The summed E-state index contributed by atoms with van der Waals surface area (Å²) in [7, 11) is 0. The first-order chi connectivity index (χ1) is 9.93. The summed E-state index contributed by atoms with van der Waals surface area (Å²) in [5, 5.41) is 7.08. The molecule has 6 heteroatoms. The summed E-state index contributed by atoms with van der Waals surface area (Å²) in [4.78, 5) is 23.4. The van der Waals surface area contributed by atoms with Gasteiger partial charge in [-0.15, -0.1) is 0 Å². The fraction of sp³-hybridized carbons (Fsp3) is 0.400. The smallest absolute Gasteiger partial charge is 0.259 e. The van der Waals surface area contributed by atoms with Gasteiger partial charge in [0.1, 0.15) is 0 Å². The number of carbonyl (C=O) groups is 2. The molecule has 5 nitrogen and oxygen atoms in total. The van der Waals surface area contributed by atoms with Crippen molar-refractivity contribution < 1.29 is 9.59 Å². The van der Waals surface area contributed by atoms with Gasteiger partial charge in [-0.3, -0.25) is 9.59 Å². The largest absolute Gasteiger partial charge is 0.343 e. The van der Waals surface area contributed by atoms with Crippen molar-refractivity contribution >= 4 is 29.1 Å². The predicted octanol–water partition coefficient (Wildman–Crippen LogP) is 2.61. The minimum Gasteiger partial charge on any atom is -0.343 e. The van der Waals surface area contributed by atoms with E-state index in [4.69, 9.17) is 11.6 Å². The van der Waals surface area contributed by atoms with E-state index >= 15 is 0 Å². The molecule has 0 bridgehead atoms. The molecule has 0 aliphatic carbocycles. The first-order valence-electron chi connectivity index (χ1n) is 6.80. The van der Waals surface area contributed by atoms with Crippen LogP contribution in [-0.4, -0.2) is 24.1 Å². The Labute approximate surface area is 129 Å². The second-order valence-corrected chi connectivity index (χ2v) is 5.22. The molecule has 1 rings (SSSR count). The summed E-state index contributed by atoms with van der Waals surface area (Å²) >= 11 is 5.74. The topological polar surface area (TPSA) is 70.6 Å². The standard InChI is InChI=1S/C15H20ClN3O2/c1-4-10(2)11(3)18-19-14(20)9-17-15(21)12-5-7-13(16)8-6-12/h5-8,10H,4,9H2,1-3H3,(H,17,21)(H,19,20). The SMILES string of the molecule is CCC(C)C(C)=NNC(=O)CNC(=O)c1ccc(Cl)cc1. The van der Waals surface area contributed by atoms with Crippen LogP contribution in [0, 0.1) is 5.92 Å². The minimum atomic E-state index is -0.361. The van der Waals surface area contributed by atoms with Gasteiger partial charge < -0.3 is 5.32 Å². The van der Waals surface area contributed by atoms with E-state index in [1.54, 1.807) is 24.3 Å². The number of rotatable bonds is 6. The van der Waals surface area contributed by atoms with E-state index in [1.165, 1.54) is 0 Å². The van der Waals surface area contributed by atoms with Gasteiger partial charge in [-0.05, 0) is 43.5 Å². The molecule has 0 heterocycles. The van der Waals surface area contributed by atoms with Crippen LogP contribution in [0.2, 0.25) is 5.02 Å². The molecular weight excluding hydrogens is 290 g/mol. The van der Waals surface area contributed by atoms with E-state index in [0.717, 1.165) is 12.1 Å². The van der Waals surface area contributed by atoms with Gasteiger partial charge in [0.2, 0.25) is 0 Å². The molecule has 114 valence electrons. The summed E-state index contributed by atoms with van der Waals surface area (Å²) in [5.41, 5.74) is 3.73. The van der Waals surface area contributed by atoms with Crippen molar-refractivity contribution in [1.29, 1.82) is 0 Å². The number of nitrogens with one attached hydrogen (secondary N) is 2. The molecule has 0 saturated carbocycles. The van der Waals surface area contributed by atoms with E-state index in [1.807, 2.05) is 13.8 Å². The lowest BCUT2D eigenvalue weighted by molar-refractivity contribution is -0.120. The average molecular weight is 310 g/mol. The number of hydrogen-bond donors (Lipinski definition) is 2. The Morgan fingerprint density at radius 2 is 1.90 bits per heavy atom. The van der Waals surface area contributed by atoms with E-state index < -0.39 is 0 Å². The molecular formula is C15H20ClN3O2. The van der Waals surface area contributed by atoms with Gasteiger partial charge in [-0.1, -0.05) is 25.4 Å². The molecule has 0 aliphatic heterocycles. The molecule has 2 amide bonds. The molecule has 21 heavy (non-hydrogen) atoms. The van der Waals surface area contributed by atoms with Gasteiger partial charge in [0.15, 0.2) is 0 Å². The van der Waals surface area contributed by atoms with Gasteiger partial charge in [0.25, 0.3) is 11.8 Å². The molecule has 2 N–H and O–H groups in total. The van der Waals surface area contributed by atoms with Crippen LogP contribution >= 0.6 is 11.6 Å². The summed E-state index contributed by atoms with van der Waals surface area (Å²) in [5.74, 6) is -0.377. The predicted molar refractivity (Wildman–Crippen MR) is 84.5 cm³/mol. The molecule has 1 aromatic carbocycles. The number of halogens is 1. The van der Waals surface area contributed by atoms with Crippen LogP contribution in [0.15, 0.2) is 29.4 Å². The second-order valence-electron chi connectivity index (χ2n) is 4.79. The highest BCUT2D eigenvalue weighted by Crippen LogP contribution is 2.09. The van der Waals surface area contributed by atoms with Crippen LogP contribution < -0.4 is 10.7 Å². The third kappa shape index (κ3) is 5.95. The molecule has 1 atom stereocenters. The van der Waals surface area contributed by atoms with Gasteiger partial charge in [0, 0.05) is 16.3 Å². The molecule has 0 saturated heterocycles. The third-order valence-electron chi connectivity index (χ3n) is 3.20. The van der Waals surface area contributed by atoms with Crippen molar-refractivity contribution in [3.63, 3.8) is 0 Å². The quantitative estimate of drug-likeness (QED) is 0.626. The minimum absolute atomic E-state index is 0.126. The molecule has 0 radical (unpaired) electrons. The van der Waals surface area contributed by atoms with Crippen molar-refractivity contribution in [1.82, 2.24) is 10.7 Å². The van der Waals surface area contributed by atoms with Crippen molar-refractivity contribution in [3.8, 4) is 0 Å². The summed E-state index contributed by atoms with van der Waals surface area (Å²) < 4.78 is 0. The monoisotopic (exact) mass is 309 g/mol. The van der Waals surface area contributed by atoms with Crippen LogP contribution in [0.1, 0.15) is 37.6 Å². The van der Waals surface area contributed by atoms with Crippen LogP contribution in [0.5, 0.6) is 0 Å². The fourth-order valence-corrected chi connectivity index (χ4v) is 1.59. The van der Waals surface area contributed by atoms with Crippen LogP contribution in [-0.2, 0) is 4.79 Å². The number of nitrogens with zero attached hydrogens (tertiary/aromatic N) is 1. The maximum absolute atomic E-state index is 11.8. The Hall–Kier alpha value is -1.88. The molecule has 0 aliphatic rings. The van der Waals surface area contributed by atoms with Gasteiger partial charge >= 0.3 is 0 Å². The average Bonchev–Trinajstić information content (AvgIpc) is 2.49. The summed E-state index contributed by atoms with van der Waals surface area (Å²) in [6, 6.07) is 6.44. The van der Waals surface area contributed by atoms with Crippen molar-refractivity contribution in [2.45, 2.75) is 27.2 Å². The molecule has 0 spiro atoms. The Morgan fingerprint density at radius 1 is 1.29 bits per heavy atom. The highest BCUT2D eigenvalue weighted by Gasteiger charge is 2.08. The summed E-state index contributed by atoms with van der Waals surface area (Å²) in [6.45, 7) is 5.82. The number of hydrogen-bond acceptors (Lipinski definition) is 3. The molecule has 0 aromatic heterocycles. The highest BCUT2D eigenvalue weighted by atomic mass is 35.5. The number of benzene rings is 1. The Morgan fingerprint density at radius 3 is 2.48 bits per heavy atom. The number of carbonyl (C=O) groups excluding carboxylic acids is 2. The van der Waals surface area contributed by atoms with Gasteiger partial charge in [-0.25, -0.2) is 5.43 Å². The zero-order valence-corrected chi connectivity index (χ0v) is 13.2. The Bertz CT molecular complexity index is 526. The Balaban J connectivity index is 2.43. The van der Waals surface area contributed by atoms with Crippen LogP contribution in [0.3, 0.4) is 0 Å². The lowest BCUT2D eigenvalue weighted by atomic mass is 10.1. The van der Waals surface area contributed by atoms with Gasteiger partial charge in [0.05, 0.1) is 6.54 Å². The van der Waals surface area contributed by atoms with E-state index in [0.29, 0.717) is 16.5 Å². The molecule has 1 aromatic rings. The lowest BCUT2D eigenvalue weighted by Gasteiger charge is -2.08. The first-order valence-corrected chi connectivity index (χ1v) is 7.18. The van der Waals surface area contributed by atoms with Crippen LogP contribution in [0.25, 0.3) is 0 Å². The maximum atomic E-state index is 11.8. The normalized spacial score (nSPS) is 12.7. The first kappa shape index (κ1) is 17.2. The maximum Gasteiger partial charge on any atom is 0.259 e. The van der Waals surface area contributed by atoms with E-state index in [-0.39, 0.29) is 18.4 Å². The Kier molecular flexibility index (Phi) is 6.88. The van der Waals surface area contributed by atoms with Crippen molar-refractivity contribution in [3.05, 3.63) is 34.9 Å². The van der Waals surface area contributed by atoms with Crippen molar-refractivity contribution in [2.75, 3.05) is 6.54 Å². The van der Waals surface area contributed by atoms with Gasteiger partial charge in [-0.2, -0.15) is 5.10 Å². The third-order valence-corrected chi connectivity index (χ3v) is 3.45. The molecule has 0 fully saturated rings. The molecule has 1 unspecified atom stereocenters. The fourth-order valence-electron chi connectivity index (χ4n) is 1.46. The van der Waals surface area contributed by atoms with Crippen LogP contribution in [0.4, 0.5) is 0 Å².